The molecule has 3 rings (SSSR count). The number of alkyl halides is 3. The molecular formula is C16H9ClF3NO. The van der Waals surface area contributed by atoms with E-state index in [2.05, 4.69) is 4.98 Å². The molecule has 0 bridgehead atoms. The molecule has 2 aromatic carbocycles. The van der Waals surface area contributed by atoms with Crippen molar-refractivity contribution >= 4 is 28.3 Å². The van der Waals surface area contributed by atoms with Crippen LogP contribution in [0.4, 0.5) is 13.2 Å². The average molecular weight is 324 g/mol. The molecular weight excluding hydrogens is 315 g/mol. The largest absolute Gasteiger partial charge is 0.432 e. The third kappa shape index (κ3) is 2.37. The first kappa shape index (κ1) is 14.7. The van der Waals surface area contributed by atoms with E-state index in [1.807, 2.05) is 0 Å². The first-order chi connectivity index (χ1) is 10.4. The molecule has 1 N–H and O–H groups in total. The van der Waals surface area contributed by atoms with Gasteiger partial charge in [-0.15, -0.1) is 0 Å². The summed E-state index contributed by atoms with van der Waals surface area (Å²) in [6, 6.07) is 12.2. The summed E-state index contributed by atoms with van der Waals surface area (Å²) in [6.45, 7) is 0. The van der Waals surface area contributed by atoms with Gasteiger partial charge in [-0.05, 0) is 18.2 Å². The number of rotatable bonds is 2. The average Bonchev–Trinajstić information content (AvgIpc) is 2.86. The second-order valence-corrected chi connectivity index (χ2v) is 5.13. The topological polar surface area (TPSA) is 32.9 Å². The molecule has 1 aromatic heterocycles. The Hall–Kier alpha value is -2.27. The Labute approximate surface area is 128 Å². The van der Waals surface area contributed by atoms with Crippen molar-refractivity contribution in [3.05, 3.63) is 70.4 Å². The second kappa shape index (κ2) is 5.18. The van der Waals surface area contributed by atoms with Gasteiger partial charge in [0.15, 0.2) is 5.78 Å². The highest BCUT2D eigenvalue weighted by Gasteiger charge is 2.38. The molecule has 2 nitrogen and oxygen atoms in total. The first-order valence-electron chi connectivity index (χ1n) is 6.36. The molecule has 0 spiro atoms. The van der Waals surface area contributed by atoms with Crippen LogP contribution in [0.25, 0.3) is 10.9 Å². The molecule has 0 radical (unpaired) electrons. The van der Waals surface area contributed by atoms with Crippen LogP contribution in [0.15, 0.2) is 48.5 Å². The minimum Gasteiger partial charge on any atom is -0.350 e. The van der Waals surface area contributed by atoms with Crippen LogP contribution < -0.4 is 0 Å². The lowest BCUT2D eigenvalue weighted by atomic mass is 10.00. The maximum Gasteiger partial charge on any atom is 0.432 e. The third-order valence-electron chi connectivity index (χ3n) is 3.34. The molecule has 22 heavy (non-hydrogen) atoms. The van der Waals surface area contributed by atoms with Gasteiger partial charge < -0.3 is 4.98 Å². The highest BCUT2D eigenvalue weighted by Crippen LogP contribution is 2.37. The van der Waals surface area contributed by atoms with Crippen molar-refractivity contribution in [3.63, 3.8) is 0 Å². The van der Waals surface area contributed by atoms with Gasteiger partial charge in [0.2, 0.25) is 0 Å². The van der Waals surface area contributed by atoms with E-state index in [4.69, 9.17) is 11.6 Å². The predicted octanol–water partition coefficient (Wildman–Crippen LogP) is 5.07. The summed E-state index contributed by atoms with van der Waals surface area (Å²) in [4.78, 5) is 14.9. The predicted molar refractivity (Wildman–Crippen MR) is 78.2 cm³/mol. The van der Waals surface area contributed by atoms with Gasteiger partial charge in [-0.2, -0.15) is 13.2 Å². The van der Waals surface area contributed by atoms with Crippen molar-refractivity contribution in [1.82, 2.24) is 4.98 Å². The van der Waals surface area contributed by atoms with Crippen molar-refractivity contribution in [1.29, 1.82) is 0 Å². The van der Waals surface area contributed by atoms with Crippen molar-refractivity contribution in [3.8, 4) is 0 Å². The number of carbonyl (C=O) groups is 1. The van der Waals surface area contributed by atoms with Crippen molar-refractivity contribution in [2.45, 2.75) is 6.18 Å². The van der Waals surface area contributed by atoms with Crippen LogP contribution in [0.2, 0.25) is 5.02 Å². The summed E-state index contributed by atoms with van der Waals surface area (Å²) >= 11 is 5.94. The molecule has 3 aromatic rings. The van der Waals surface area contributed by atoms with E-state index < -0.39 is 23.2 Å². The summed E-state index contributed by atoms with van der Waals surface area (Å²) in [5, 5.41) is 0.339. The zero-order valence-electron chi connectivity index (χ0n) is 11.0. The number of ketones is 1. The molecule has 0 aliphatic heterocycles. The van der Waals surface area contributed by atoms with Crippen LogP contribution in [0.5, 0.6) is 0 Å². The highest BCUT2D eigenvalue weighted by atomic mass is 35.5. The zero-order valence-corrected chi connectivity index (χ0v) is 11.8. The van der Waals surface area contributed by atoms with Gasteiger partial charge in [0.1, 0.15) is 5.69 Å². The summed E-state index contributed by atoms with van der Waals surface area (Å²) in [7, 11) is 0. The Morgan fingerprint density at radius 3 is 2.32 bits per heavy atom. The lowest BCUT2D eigenvalue weighted by Crippen LogP contribution is -2.13. The Morgan fingerprint density at radius 2 is 1.64 bits per heavy atom. The van der Waals surface area contributed by atoms with Crippen molar-refractivity contribution in [2.75, 3.05) is 0 Å². The first-order valence-corrected chi connectivity index (χ1v) is 6.74. The number of para-hydroxylation sites is 1. The Morgan fingerprint density at radius 1 is 1.00 bits per heavy atom. The fourth-order valence-electron chi connectivity index (χ4n) is 2.37. The number of benzene rings is 2. The quantitative estimate of drug-likeness (QED) is 0.656. The SMILES string of the molecule is O=C(c1ccccc1Cl)c1c(C(F)(F)F)[nH]c2ccccc12. The van der Waals surface area contributed by atoms with Gasteiger partial charge in [-0.3, -0.25) is 4.79 Å². The van der Waals surface area contributed by atoms with E-state index in [9.17, 15) is 18.0 Å². The zero-order chi connectivity index (χ0) is 15.9. The van der Waals surface area contributed by atoms with Crippen LogP contribution >= 0.6 is 11.6 Å². The van der Waals surface area contributed by atoms with E-state index in [1.54, 1.807) is 24.3 Å². The number of hydrogen-bond donors (Lipinski definition) is 1. The van der Waals surface area contributed by atoms with E-state index in [0.717, 1.165) is 0 Å². The molecule has 1 heterocycles. The number of halogens is 4. The minimum absolute atomic E-state index is 0.0411. The highest BCUT2D eigenvalue weighted by molar-refractivity contribution is 6.35. The monoisotopic (exact) mass is 323 g/mol. The fourth-order valence-corrected chi connectivity index (χ4v) is 2.59. The summed E-state index contributed by atoms with van der Waals surface area (Å²) in [6.07, 6.45) is -4.66. The van der Waals surface area contributed by atoms with Crippen LogP contribution in [0.3, 0.4) is 0 Å². The molecule has 0 unspecified atom stereocenters. The van der Waals surface area contributed by atoms with Crippen LogP contribution in [-0.2, 0) is 6.18 Å². The normalized spacial score (nSPS) is 11.8. The lowest BCUT2D eigenvalue weighted by Gasteiger charge is -2.08. The molecule has 0 aliphatic carbocycles. The fraction of sp³-hybridized carbons (Fsp3) is 0.0625. The van der Waals surface area contributed by atoms with Crippen LogP contribution in [0.1, 0.15) is 21.6 Å². The number of aromatic nitrogens is 1. The minimum atomic E-state index is -4.66. The molecule has 0 aliphatic rings. The smallest absolute Gasteiger partial charge is 0.350 e. The lowest BCUT2D eigenvalue weighted by molar-refractivity contribution is -0.140. The Bertz CT molecular complexity index is 867. The van der Waals surface area contributed by atoms with E-state index in [0.29, 0.717) is 0 Å². The Kier molecular flexibility index (Phi) is 3.45. The number of carbonyl (C=O) groups excluding carboxylic acids is 1. The number of aromatic amines is 1. The number of H-pyrrole nitrogens is 1. The molecule has 6 heteroatoms. The van der Waals surface area contributed by atoms with Crippen LogP contribution in [-0.4, -0.2) is 10.8 Å². The molecule has 0 atom stereocenters. The van der Waals surface area contributed by atoms with Gasteiger partial charge in [0, 0.05) is 16.5 Å². The van der Waals surface area contributed by atoms with Gasteiger partial charge >= 0.3 is 6.18 Å². The molecule has 112 valence electrons. The molecule has 0 saturated carbocycles. The molecule has 0 amide bonds. The van der Waals surface area contributed by atoms with Crippen molar-refractivity contribution < 1.29 is 18.0 Å². The van der Waals surface area contributed by atoms with E-state index >= 15 is 0 Å². The van der Waals surface area contributed by atoms with E-state index in [1.165, 1.54) is 24.3 Å². The van der Waals surface area contributed by atoms with Crippen molar-refractivity contribution in [2.24, 2.45) is 0 Å². The summed E-state index contributed by atoms with van der Waals surface area (Å²) in [5.41, 5.74) is -1.17. The maximum absolute atomic E-state index is 13.2. The van der Waals surface area contributed by atoms with Gasteiger partial charge in [-0.25, -0.2) is 0 Å². The van der Waals surface area contributed by atoms with Gasteiger partial charge in [-0.1, -0.05) is 41.9 Å². The molecule has 0 saturated heterocycles. The van der Waals surface area contributed by atoms with E-state index in [-0.39, 0.29) is 21.5 Å². The van der Waals surface area contributed by atoms with Gasteiger partial charge in [0.25, 0.3) is 0 Å². The second-order valence-electron chi connectivity index (χ2n) is 4.73. The number of hydrogen-bond acceptors (Lipinski definition) is 1. The summed E-state index contributed by atoms with van der Waals surface area (Å²) < 4.78 is 39.7. The van der Waals surface area contributed by atoms with Gasteiger partial charge in [0.05, 0.1) is 10.6 Å². The summed E-state index contributed by atoms with van der Waals surface area (Å²) in [5.74, 6) is -0.754. The van der Waals surface area contributed by atoms with Crippen LogP contribution in [0, 0.1) is 0 Å². The molecule has 0 fully saturated rings. The standard InChI is InChI=1S/C16H9ClF3NO/c17-11-7-3-1-5-9(11)14(22)13-10-6-2-4-8-12(10)21-15(13)16(18,19)20/h1-8,21H. The number of nitrogens with one attached hydrogen (secondary N) is 1. The maximum atomic E-state index is 13.2. The number of fused-ring (bicyclic) bond motifs is 1. The Balaban J connectivity index is 2.30. The third-order valence-corrected chi connectivity index (χ3v) is 3.66.